The second kappa shape index (κ2) is 5.54. The van der Waals surface area contributed by atoms with Crippen molar-refractivity contribution in [2.45, 2.75) is 31.7 Å². The lowest BCUT2D eigenvalue weighted by atomic mass is 10.1. The van der Waals surface area contributed by atoms with E-state index in [2.05, 4.69) is 40.2 Å². The topological polar surface area (TPSA) is 20.2 Å². The third-order valence-corrected chi connectivity index (χ3v) is 3.99. The molecule has 0 aliphatic carbocycles. The van der Waals surface area contributed by atoms with Gasteiger partial charge in [-0.15, -0.1) is 0 Å². The Kier molecular flexibility index (Phi) is 4.05. The Morgan fingerprint density at radius 3 is 2.88 bits per heavy atom. The average molecular weight is 251 g/mol. The van der Waals surface area contributed by atoms with Gasteiger partial charge in [-0.3, -0.25) is 0 Å². The fourth-order valence-corrected chi connectivity index (χ4v) is 2.84. The van der Waals surface area contributed by atoms with Crippen molar-refractivity contribution >= 4 is 17.3 Å². The molecule has 2 heterocycles. The molecule has 1 fully saturated rings. The summed E-state index contributed by atoms with van der Waals surface area (Å²) >= 11 is 5.44. The molecule has 0 amide bonds. The summed E-state index contributed by atoms with van der Waals surface area (Å²) in [5.41, 5.74) is 1.37. The van der Waals surface area contributed by atoms with E-state index < -0.39 is 0 Å². The zero-order valence-corrected chi connectivity index (χ0v) is 11.5. The van der Waals surface area contributed by atoms with Crippen molar-refractivity contribution < 1.29 is 0 Å². The number of likely N-dealkylation sites (tertiary alicyclic amines) is 1. The minimum absolute atomic E-state index is 0.428. The van der Waals surface area contributed by atoms with Crippen LogP contribution in [-0.2, 0) is 7.05 Å². The van der Waals surface area contributed by atoms with Crippen molar-refractivity contribution in [3.63, 3.8) is 0 Å². The highest BCUT2D eigenvalue weighted by Gasteiger charge is 2.25. The van der Waals surface area contributed by atoms with Gasteiger partial charge in [0.1, 0.15) is 0 Å². The number of nitrogens with one attached hydrogen (secondary N) is 1. The SMILES string of the molecule is CNC(=S)N1CCCCC[C@@H]1c1cccn1C. The fourth-order valence-electron chi connectivity index (χ4n) is 2.62. The monoisotopic (exact) mass is 251 g/mol. The standard InChI is InChI=1S/C13H21N3S/c1-14-13(17)16-10-5-3-4-7-12(16)11-8-6-9-15(11)2/h6,8-9,12H,3-5,7,10H2,1-2H3,(H,14,17)/t12-/m1/s1. The predicted octanol–water partition coefficient (Wildman–Crippen LogP) is 2.45. The summed E-state index contributed by atoms with van der Waals surface area (Å²) in [6.45, 7) is 1.06. The van der Waals surface area contributed by atoms with Gasteiger partial charge in [-0.25, -0.2) is 0 Å². The molecule has 1 N–H and O–H groups in total. The van der Waals surface area contributed by atoms with Crippen LogP contribution in [0.1, 0.15) is 37.4 Å². The summed E-state index contributed by atoms with van der Waals surface area (Å²) in [4.78, 5) is 2.34. The summed E-state index contributed by atoms with van der Waals surface area (Å²) in [6.07, 6.45) is 7.14. The number of thiocarbonyl (C=S) groups is 1. The van der Waals surface area contributed by atoms with Gasteiger partial charge in [0.15, 0.2) is 5.11 Å². The average Bonchev–Trinajstić information content (AvgIpc) is 2.63. The van der Waals surface area contributed by atoms with Crippen molar-refractivity contribution in [2.75, 3.05) is 13.6 Å². The molecule has 1 aliphatic heterocycles. The third kappa shape index (κ3) is 2.63. The minimum atomic E-state index is 0.428. The van der Waals surface area contributed by atoms with Crippen molar-refractivity contribution in [3.8, 4) is 0 Å². The number of hydrogen-bond acceptors (Lipinski definition) is 1. The quantitative estimate of drug-likeness (QED) is 0.774. The van der Waals surface area contributed by atoms with Crippen molar-refractivity contribution in [1.29, 1.82) is 0 Å². The van der Waals surface area contributed by atoms with E-state index in [-0.39, 0.29) is 0 Å². The molecular formula is C13H21N3S. The Morgan fingerprint density at radius 1 is 1.41 bits per heavy atom. The molecule has 0 unspecified atom stereocenters. The Morgan fingerprint density at radius 2 is 2.24 bits per heavy atom. The van der Waals surface area contributed by atoms with Gasteiger partial charge in [-0.1, -0.05) is 12.8 Å². The first kappa shape index (κ1) is 12.4. The first-order valence-electron chi connectivity index (χ1n) is 6.33. The van der Waals surface area contributed by atoms with Crippen molar-refractivity contribution in [1.82, 2.24) is 14.8 Å². The van der Waals surface area contributed by atoms with E-state index >= 15 is 0 Å². The Balaban J connectivity index is 2.26. The van der Waals surface area contributed by atoms with Crippen LogP contribution in [-0.4, -0.2) is 28.2 Å². The lowest BCUT2D eigenvalue weighted by molar-refractivity contribution is 0.308. The molecule has 0 aromatic carbocycles. The Bertz CT molecular complexity index is 386. The van der Waals surface area contributed by atoms with E-state index in [0.29, 0.717) is 6.04 Å². The molecule has 1 saturated heterocycles. The van der Waals surface area contributed by atoms with Crippen LogP contribution in [0.4, 0.5) is 0 Å². The van der Waals surface area contributed by atoms with Gasteiger partial charge in [-0.2, -0.15) is 0 Å². The number of aromatic nitrogens is 1. The summed E-state index contributed by atoms with van der Waals surface area (Å²) in [7, 11) is 4.02. The number of hydrogen-bond donors (Lipinski definition) is 1. The maximum Gasteiger partial charge on any atom is 0.169 e. The highest BCUT2D eigenvalue weighted by Crippen LogP contribution is 2.30. The van der Waals surface area contributed by atoms with Crippen LogP contribution in [0.3, 0.4) is 0 Å². The molecule has 3 nitrogen and oxygen atoms in total. The molecular weight excluding hydrogens is 230 g/mol. The fraction of sp³-hybridized carbons (Fsp3) is 0.615. The van der Waals surface area contributed by atoms with E-state index in [0.717, 1.165) is 11.7 Å². The lowest BCUT2D eigenvalue weighted by Crippen LogP contribution is -2.40. The van der Waals surface area contributed by atoms with Gasteiger partial charge in [0, 0.05) is 32.5 Å². The van der Waals surface area contributed by atoms with E-state index in [4.69, 9.17) is 12.2 Å². The highest BCUT2D eigenvalue weighted by atomic mass is 32.1. The Hall–Kier alpha value is -1.03. The number of aryl methyl sites for hydroxylation is 1. The molecule has 0 radical (unpaired) electrons. The first-order valence-corrected chi connectivity index (χ1v) is 6.74. The summed E-state index contributed by atoms with van der Waals surface area (Å²) in [5.74, 6) is 0. The van der Waals surface area contributed by atoms with E-state index in [1.54, 1.807) is 0 Å². The van der Waals surface area contributed by atoms with Crippen LogP contribution < -0.4 is 5.32 Å². The smallest absolute Gasteiger partial charge is 0.169 e. The molecule has 0 saturated carbocycles. The third-order valence-electron chi connectivity index (χ3n) is 3.55. The molecule has 2 rings (SSSR count). The molecule has 4 heteroatoms. The Labute approximate surface area is 109 Å². The van der Waals surface area contributed by atoms with Crippen LogP contribution in [0.15, 0.2) is 18.3 Å². The first-order chi connectivity index (χ1) is 8.24. The van der Waals surface area contributed by atoms with E-state index in [9.17, 15) is 0 Å². The maximum absolute atomic E-state index is 5.44. The van der Waals surface area contributed by atoms with Gasteiger partial charge in [-0.05, 0) is 37.2 Å². The van der Waals surface area contributed by atoms with Gasteiger partial charge in [0.2, 0.25) is 0 Å². The van der Waals surface area contributed by atoms with Crippen LogP contribution in [0.2, 0.25) is 0 Å². The zero-order valence-electron chi connectivity index (χ0n) is 10.6. The summed E-state index contributed by atoms with van der Waals surface area (Å²) in [5, 5.41) is 4.00. The summed E-state index contributed by atoms with van der Waals surface area (Å²) < 4.78 is 2.21. The predicted molar refractivity (Wildman–Crippen MR) is 75.0 cm³/mol. The molecule has 17 heavy (non-hydrogen) atoms. The van der Waals surface area contributed by atoms with Crippen molar-refractivity contribution in [3.05, 3.63) is 24.0 Å². The zero-order chi connectivity index (χ0) is 12.3. The van der Waals surface area contributed by atoms with E-state index in [1.165, 1.54) is 31.4 Å². The molecule has 0 spiro atoms. The number of rotatable bonds is 1. The van der Waals surface area contributed by atoms with Crippen LogP contribution in [0.25, 0.3) is 0 Å². The lowest BCUT2D eigenvalue weighted by Gasteiger charge is -2.32. The van der Waals surface area contributed by atoms with Crippen molar-refractivity contribution in [2.24, 2.45) is 7.05 Å². The molecule has 1 atom stereocenters. The summed E-state index contributed by atoms with van der Waals surface area (Å²) in [6, 6.07) is 4.75. The van der Waals surface area contributed by atoms with Crippen LogP contribution in [0.5, 0.6) is 0 Å². The molecule has 1 aromatic heterocycles. The molecule has 1 aliphatic rings. The van der Waals surface area contributed by atoms with Crippen LogP contribution >= 0.6 is 12.2 Å². The van der Waals surface area contributed by atoms with Crippen LogP contribution in [0, 0.1) is 0 Å². The molecule has 1 aromatic rings. The molecule has 94 valence electrons. The van der Waals surface area contributed by atoms with Gasteiger partial charge < -0.3 is 14.8 Å². The second-order valence-corrected chi connectivity index (χ2v) is 5.04. The highest BCUT2D eigenvalue weighted by molar-refractivity contribution is 7.80. The largest absolute Gasteiger partial charge is 0.366 e. The second-order valence-electron chi connectivity index (χ2n) is 4.66. The van der Waals surface area contributed by atoms with Gasteiger partial charge >= 0.3 is 0 Å². The van der Waals surface area contributed by atoms with E-state index in [1.807, 2.05) is 7.05 Å². The number of nitrogens with zero attached hydrogens (tertiary/aromatic N) is 2. The van der Waals surface area contributed by atoms with Gasteiger partial charge in [0.25, 0.3) is 0 Å². The maximum atomic E-state index is 5.44. The molecule has 0 bridgehead atoms. The minimum Gasteiger partial charge on any atom is -0.366 e. The normalized spacial score (nSPS) is 21.1. The van der Waals surface area contributed by atoms with Gasteiger partial charge in [0.05, 0.1) is 6.04 Å².